The summed E-state index contributed by atoms with van der Waals surface area (Å²) in [6.45, 7) is 2.19. The van der Waals surface area contributed by atoms with E-state index in [-0.39, 0.29) is 12.5 Å². The van der Waals surface area contributed by atoms with Crippen LogP contribution in [0.3, 0.4) is 0 Å². The van der Waals surface area contributed by atoms with E-state index in [0.717, 1.165) is 27.8 Å². The summed E-state index contributed by atoms with van der Waals surface area (Å²) >= 11 is 6.48. The molecule has 0 bridgehead atoms. The first-order valence-corrected chi connectivity index (χ1v) is 9.36. The topological polar surface area (TPSA) is 57.0 Å². The highest BCUT2D eigenvalue weighted by Crippen LogP contribution is 2.38. The van der Waals surface area contributed by atoms with Crippen molar-refractivity contribution < 1.29 is 9.53 Å². The number of halogens is 1. The Morgan fingerprint density at radius 2 is 1.79 bits per heavy atom. The first-order valence-electron chi connectivity index (χ1n) is 8.98. The second-order valence-electron chi connectivity index (χ2n) is 6.24. The second-order valence-corrected chi connectivity index (χ2v) is 6.65. The Labute approximate surface area is 167 Å². The van der Waals surface area contributed by atoms with Crippen molar-refractivity contribution in [2.75, 3.05) is 6.61 Å². The summed E-state index contributed by atoms with van der Waals surface area (Å²) in [6, 6.07) is 17.5. The van der Waals surface area contributed by atoms with Crippen molar-refractivity contribution in [2.24, 2.45) is 0 Å². The zero-order valence-corrected chi connectivity index (χ0v) is 16.1. The minimum atomic E-state index is -0.315. The van der Waals surface area contributed by atoms with Gasteiger partial charge in [-0.1, -0.05) is 60.1 Å². The molecule has 4 rings (SSSR count). The van der Waals surface area contributed by atoms with Gasteiger partial charge in [0.2, 0.25) is 0 Å². The van der Waals surface area contributed by atoms with Gasteiger partial charge in [-0.05, 0) is 13.0 Å². The highest BCUT2D eigenvalue weighted by atomic mass is 35.5. The summed E-state index contributed by atoms with van der Waals surface area (Å²) < 4.78 is 6.91. The molecule has 5 nitrogen and oxygen atoms in total. The molecule has 0 spiro atoms. The van der Waals surface area contributed by atoms with E-state index in [1.54, 1.807) is 11.5 Å². The number of rotatable bonds is 5. The van der Waals surface area contributed by atoms with Gasteiger partial charge < -0.3 is 9.30 Å². The number of nitrogens with zero attached hydrogens (tertiary/aromatic N) is 3. The third-order valence-electron chi connectivity index (χ3n) is 4.47. The third-order valence-corrected chi connectivity index (χ3v) is 4.80. The summed E-state index contributed by atoms with van der Waals surface area (Å²) in [5.74, 6) is -0.315. The number of aromatic nitrogens is 3. The van der Waals surface area contributed by atoms with Crippen molar-refractivity contribution >= 4 is 28.6 Å². The molecule has 0 amide bonds. The fourth-order valence-electron chi connectivity index (χ4n) is 3.29. The van der Waals surface area contributed by atoms with Crippen molar-refractivity contribution in [3.05, 3.63) is 72.1 Å². The molecular formula is C22H18ClN3O2. The molecule has 0 atom stereocenters. The van der Waals surface area contributed by atoms with Gasteiger partial charge in [-0.3, -0.25) is 4.79 Å². The molecule has 140 valence electrons. The Bertz CT molecular complexity index is 1140. The Kier molecular flexibility index (Phi) is 5.08. The molecule has 0 unspecified atom stereocenters. The van der Waals surface area contributed by atoms with E-state index in [1.165, 1.54) is 6.33 Å². The number of ether oxygens (including phenoxy) is 1. The molecule has 2 aromatic carbocycles. The van der Waals surface area contributed by atoms with Crippen LogP contribution in [0.4, 0.5) is 0 Å². The molecule has 0 fully saturated rings. The van der Waals surface area contributed by atoms with Crippen LogP contribution in [0, 0.1) is 0 Å². The number of benzene rings is 2. The summed E-state index contributed by atoms with van der Waals surface area (Å²) in [4.78, 5) is 21.1. The molecule has 2 aromatic heterocycles. The Morgan fingerprint density at radius 1 is 1.04 bits per heavy atom. The quantitative estimate of drug-likeness (QED) is 0.450. The van der Waals surface area contributed by atoms with Crippen LogP contribution in [-0.2, 0) is 16.1 Å². The maximum absolute atomic E-state index is 12.1. The fraction of sp³-hybridized carbons (Fsp3) is 0.136. The maximum atomic E-state index is 12.1. The normalized spacial score (nSPS) is 10.9. The predicted octanol–water partition coefficient (Wildman–Crippen LogP) is 4.98. The summed E-state index contributed by atoms with van der Waals surface area (Å²) in [6.07, 6.45) is 3.41. The average molecular weight is 392 g/mol. The summed E-state index contributed by atoms with van der Waals surface area (Å²) in [7, 11) is 0. The number of hydrogen-bond donors (Lipinski definition) is 0. The Balaban J connectivity index is 1.99. The van der Waals surface area contributed by atoms with Crippen LogP contribution < -0.4 is 0 Å². The summed E-state index contributed by atoms with van der Waals surface area (Å²) in [5, 5.41) is 1.48. The van der Waals surface area contributed by atoms with Gasteiger partial charge in [0, 0.05) is 27.9 Å². The lowest BCUT2D eigenvalue weighted by Gasteiger charge is -2.07. The van der Waals surface area contributed by atoms with Crippen molar-refractivity contribution in [1.82, 2.24) is 14.5 Å². The van der Waals surface area contributed by atoms with Crippen molar-refractivity contribution in [3.8, 4) is 22.4 Å². The van der Waals surface area contributed by atoms with Crippen LogP contribution in [0.1, 0.15) is 6.92 Å². The average Bonchev–Trinajstić information content (AvgIpc) is 3.07. The molecule has 0 aliphatic rings. The van der Waals surface area contributed by atoms with Gasteiger partial charge in [-0.15, -0.1) is 0 Å². The number of fused-ring (bicyclic) bond motifs is 1. The molecule has 0 aliphatic heterocycles. The van der Waals surface area contributed by atoms with Crippen LogP contribution in [0.5, 0.6) is 0 Å². The first kappa shape index (κ1) is 18.2. The van der Waals surface area contributed by atoms with Gasteiger partial charge >= 0.3 is 5.97 Å². The summed E-state index contributed by atoms with van der Waals surface area (Å²) in [5.41, 5.74) is 4.17. The predicted molar refractivity (Wildman–Crippen MR) is 110 cm³/mol. The van der Waals surface area contributed by atoms with Gasteiger partial charge in [-0.2, -0.15) is 0 Å². The van der Waals surface area contributed by atoms with E-state index >= 15 is 0 Å². The first-order chi connectivity index (χ1) is 13.7. The van der Waals surface area contributed by atoms with E-state index in [4.69, 9.17) is 16.3 Å². The van der Waals surface area contributed by atoms with E-state index in [0.29, 0.717) is 17.3 Å². The van der Waals surface area contributed by atoms with Gasteiger partial charge in [0.15, 0.2) is 0 Å². The second kappa shape index (κ2) is 7.82. The van der Waals surface area contributed by atoms with Crippen LogP contribution in [0.15, 0.2) is 67.1 Å². The molecular weight excluding hydrogens is 374 g/mol. The zero-order valence-electron chi connectivity index (χ0n) is 15.3. The van der Waals surface area contributed by atoms with Crippen LogP contribution in [0.2, 0.25) is 5.02 Å². The lowest BCUT2D eigenvalue weighted by molar-refractivity contribution is -0.143. The number of carbonyl (C=O) groups is 1. The molecule has 2 heterocycles. The van der Waals surface area contributed by atoms with Crippen molar-refractivity contribution in [1.29, 1.82) is 0 Å². The molecule has 0 saturated heterocycles. The molecule has 4 aromatic rings. The van der Waals surface area contributed by atoms with E-state index in [1.807, 2.05) is 60.8 Å². The van der Waals surface area contributed by atoms with Gasteiger partial charge in [0.1, 0.15) is 18.5 Å². The van der Waals surface area contributed by atoms with E-state index in [2.05, 4.69) is 9.97 Å². The molecule has 0 radical (unpaired) electrons. The SMILES string of the molecule is CCOC(=O)Cn1cc(-c2ccccc2Cl)c2c(-c3ccccc3)ncnc21. The monoisotopic (exact) mass is 391 g/mol. The third kappa shape index (κ3) is 3.37. The molecule has 28 heavy (non-hydrogen) atoms. The minimum Gasteiger partial charge on any atom is -0.465 e. The fourth-order valence-corrected chi connectivity index (χ4v) is 3.53. The van der Waals surface area contributed by atoms with Crippen LogP contribution in [0.25, 0.3) is 33.4 Å². The van der Waals surface area contributed by atoms with E-state index < -0.39 is 0 Å². The number of esters is 1. The van der Waals surface area contributed by atoms with Gasteiger partial charge in [-0.25, -0.2) is 9.97 Å². The molecule has 6 heteroatoms. The Morgan fingerprint density at radius 3 is 2.54 bits per heavy atom. The van der Waals surface area contributed by atoms with Gasteiger partial charge in [0.25, 0.3) is 0 Å². The standard InChI is InChI=1S/C22H18ClN3O2/c1-2-28-19(27)13-26-12-17(16-10-6-7-11-18(16)23)20-21(24-14-25-22(20)26)15-8-4-3-5-9-15/h3-12,14H,2,13H2,1H3. The highest BCUT2D eigenvalue weighted by molar-refractivity contribution is 6.33. The highest BCUT2D eigenvalue weighted by Gasteiger charge is 2.20. The Hall–Kier alpha value is -3.18. The molecule has 0 N–H and O–H groups in total. The van der Waals surface area contributed by atoms with Crippen LogP contribution in [-0.4, -0.2) is 27.1 Å². The van der Waals surface area contributed by atoms with E-state index in [9.17, 15) is 4.79 Å². The van der Waals surface area contributed by atoms with Crippen molar-refractivity contribution in [3.63, 3.8) is 0 Å². The minimum absolute atomic E-state index is 0.0695. The maximum Gasteiger partial charge on any atom is 0.325 e. The lowest BCUT2D eigenvalue weighted by atomic mass is 10.0. The van der Waals surface area contributed by atoms with Crippen molar-refractivity contribution in [2.45, 2.75) is 13.5 Å². The van der Waals surface area contributed by atoms with Gasteiger partial charge in [0.05, 0.1) is 17.7 Å². The van der Waals surface area contributed by atoms with Crippen LogP contribution >= 0.6 is 11.6 Å². The lowest BCUT2D eigenvalue weighted by Crippen LogP contribution is -2.13. The number of hydrogen-bond acceptors (Lipinski definition) is 4. The largest absolute Gasteiger partial charge is 0.465 e. The molecule has 0 saturated carbocycles. The zero-order chi connectivity index (χ0) is 19.5. The number of carbonyl (C=O) groups excluding carboxylic acids is 1. The molecule has 0 aliphatic carbocycles. The smallest absolute Gasteiger partial charge is 0.325 e.